The molecule has 0 unspecified atom stereocenters. The number of ketones is 1. The lowest BCUT2D eigenvalue weighted by Gasteiger charge is -2.54. The molecule has 0 N–H and O–H groups in total. The van der Waals surface area contributed by atoms with Gasteiger partial charge < -0.3 is 4.43 Å². The first-order chi connectivity index (χ1) is 19.3. The van der Waals surface area contributed by atoms with Crippen LogP contribution in [0.25, 0.3) is 0 Å². The van der Waals surface area contributed by atoms with E-state index in [2.05, 4.69) is 63.2 Å². The van der Waals surface area contributed by atoms with Gasteiger partial charge in [0.2, 0.25) is 0 Å². The SMILES string of the molecule is CC(C)(C)[Si](C)(C)OC[C@]12CC[C@H]3C(=CC=C4CCCC[C@@]43C)[C@@H]1CCC2=O.O=C1N=NC(=O)N1c1ccccc1. The number of anilines is 1. The van der Waals surface area contributed by atoms with Gasteiger partial charge in [-0.25, -0.2) is 14.5 Å². The first kappa shape index (κ1) is 29.8. The van der Waals surface area contributed by atoms with Gasteiger partial charge in [-0.05, 0) is 86.0 Å². The van der Waals surface area contributed by atoms with Crippen LogP contribution in [0.5, 0.6) is 0 Å². The van der Waals surface area contributed by atoms with Gasteiger partial charge >= 0.3 is 12.1 Å². The number of allylic oxidation sites excluding steroid dienone is 4. The van der Waals surface area contributed by atoms with E-state index >= 15 is 0 Å². The molecule has 0 bridgehead atoms. The summed E-state index contributed by atoms with van der Waals surface area (Å²) in [5, 5.41) is 6.46. The molecule has 3 saturated carbocycles. The minimum absolute atomic E-state index is 0.190. The molecule has 8 heteroatoms. The number of nitrogens with zero attached hydrogens (tertiary/aromatic N) is 3. The number of imide groups is 1. The summed E-state index contributed by atoms with van der Waals surface area (Å²) in [6.45, 7) is 14.7. The maximum Gasteiger partial charge on any atom is 0.375 e. The lowest BCUT2D eigenvalue weighted by atomic mass is 9.51. The number of rotatable bonds is 4. The number of para-hydroxylation sites is 1. The van der Waals surface area contributed by atoms with Crippen LogP contribution in [0.3, 0.4) is 0 Å². The molecule has 1 heterocycles. The Hall–Kier alpha value is -2.71. The van der Waals surface area contributed by atoms with E-state index in [1.165, 1.54) is 32.1 Å². The molecule has 1 aromatic rings. The van der Waals surface area contributed by atoms with Crippen molar-refractivity contribution in [3.63, 3.8) is 0 Å². The van der Waals surface area contributed by atoms with Crippen molar-refractivity contribution in [2.45, 2.75) is 97.2 Å². The second-order valence-electron chi connectivity index (χ2n) is 14.2. The summed E-state index contributed by atoms with van der Waals surface area (Å²) in [6, 6.07) is 7.26. The molecule has 0 aromatic heterocycles. The topological polar surface area (TPSA) is 88.4 Å². The summed E-state index contributed by atoms with van der Waals surface area (Å²) in [7, 11) is -1.85. The van der Waals surface area contributed by atoms with Crippen LogP contribution in [0.2, 0.25) is 18.1 Å². The van der Waals surface area contributed by atoms with Crippen LogP contribution in [-0.2, 0) is 9.22 Å². The Morgan fingerprint density at radius 3 is 2.27 bits per heavy atom. The molecule has 0 saturated heterocycles. The molecular formula is C33H45N3O4Si. The fourth-order valence-corrected chi connectivity index (χ4v) is 8.53. The lowest BCUT2D eigenvalue weighted by molar-refractivity contribution is -0.131. The van der Waals surface area contributed by atoms with Gasteiger partial charge in [0.25, 0.3) is 0 Å². The highest BCUT2D eigenvalue weighted by Gasteiger charge is 2.58. The van der Waals surface area contributed by atoms with Crippen molar-refractivity contribution >= 4 is 31.9 Å². The summed E-state index contributed by atoms with van der Waals surface area (Å²) in [5.41, 5.74) is 3.88. The second-order valence-corrected chi connectivity index (χ2v) is 19.0. The molecule has 0 spiro atoms. The molecule has 3 fully saturated rings. The molecule has 4 atom stereocenters. The summed E-state index contributed by atoms with van der Waals surface area (Å²) >= 11 is 0. The van der Waals surface area contributed by atoms with Gasteiger partial charge in [0, 0.05) is 13.0 Å². The van der Waals surface area contributed by atoms with Crippen molar-refractivity contribution in [1.82, 2.24) is 0 Å². The molecule has 4 amide bonds. The third-order valence-electron chi connectivity index (χ3n) is 11.1. The van der Waals surface area contributed by atoms with Crippen molar-refractivity contribution in [2.24, 2.45) is 32.9 Å². The number of amides is 4. The van der Waals surface area contributed by atoms with Gasteiger partial charge in [-0.3, -0.25) is 4.79 Å². The maximum atomic E-state index is 13.2. The summed E-state index contributed by atoms with van der Waals surface area (Å²) in [5.74, 6) is 1.56. The highest BCUT2D eigenvalue weighted by atomic mass is 28.4. The van der Waals surface area contributed by atoms with E-state index in [9.17, 15) is 14.4 Å². The maximum absolute atomic E-state index is 13.2. The van der Waals surface area contributed by atoms with Crippen LogP contribution in [-0.4, -0.2) is 32.8 Å². The average Bonchev–Trinajstić information content (AvgIpc) is 3.45. The fourth-order valence-electron chi connectivity index (χ4n) is 7.48. The standard InChI is InChI=1S/C25H40O2Si.C8H5N3O2/c1-23(2,3)28(5,6)27-17-25-16-14-20-19(21(25)12-13-22(25)26)11-10-18-9-7-8-15-24(18,20)4;12-7-9-10-8(13)11(7)6-4-2-1-3-5-6/h10-11,20-21H,7-9,12-17H2,1-6H3;1-5H/t20-,21-,24-,25+;/m0./s1. The zero-order valence-electron chi connectivity index (χ0n) is 25.5. The molecule has 1 aromatic carbocycles. The van der Waals surface area contributed by atoms with Crippen LogP contribution in [0.15, 0.2) is 63.9 Å². The zero-order valence-corrected chi connectivity index (χ0v) is 26.5. The number of carbonyl (C=O) groups is 3. The van der Waals surface area contributed by atoms with Crippen LogP contribution >= 0.6 is 0 Å². The number of Topliss-reactive ketones (excluding diaryl/α,β-unsaturated/α-hetero) is 1. The molecule has 4 aliphatic carbocycles. The highest BCUT2D eigenvalue weighted by molar-refractivity contribution is 6.74. The largest absolute Gasteiger partial charge is 0.416 e. The Kier molecular flexibility index (Phi) is 7.87. The first-order valence-corrected chi connectivity index (χ1v) is 18.1. The quantitative estimate of drug-likeness (QED) is 0.335. The summed E-state index contributed by atoms with van der Waals surface area (Å²) in [4.78, 5) is 36.2. The number of benzene rings is 1. The van der Waals surface area contributed by atoms with Gasteiger partial charge in [-0.15, -0.1) is 0 Å². The van der Waals surface area contributed by atoms with Crippen LogP contribution in [0.4, 0.5) is 15.3 Å². The molecule has 6 rings (SSSR count). The monoisotopic (exact) mass is 575 g/mol. The fraction of sp³-hybridized carbons (Fsp3) is 0.606. The second kappa shape index (κ2) is 10.8. The van der Waals surface area contributed by atoms with Crippen LogP contribution < -0.4 is 4.90 Å². The number of fused-ring (bicyclic) bond motifs is 5. The molecule has 5 aliphatic rings. The molecule has 7 nitrogen and oxygen atoms in total. The lowest BCUT2D eigenvalue weighted by Crippen LogP contribution is -2.51. The Balaban J connectivity index is 0.000000216. The van der Waals surface area contributed by atoms with Crippen LogP contribution in [0, 0.1) is 22.7 Å². The minimum Gasteiger partial charge on any atom is -0.416 e. The number of carbonyl (C=O) groups excluding carboxylic acids is 3. The van der Waals surface area contributed by atoms with Crippen LogP contribution in [0.1, 0.15) is 79.1 Å². The van der Waals surface area contributed by atoms with Crippen molar-refractivity contribution in [3.05, 3.63) is 53.6 Å². The van der Waals surface area contributed by atoms with E-state index in [1.54, 1.807) is 41.5 Å². The smallest absolute Gasteiger partial charge is 0.375 e. The number of hydrogen-bond acceptors (Lipinski definition) is 4. The summed E-state index contributed by atoms with van der Waals surface area (Å²) in [6.07, 6.45) is 14.2. The van der Waals surface area contributed by atoms with Gasteiger partial charge in [-0.2, -0.15) is 0 Å². The minimum atomic E-state index is -1.85. The van der Waals surface area contributed by atoms with Gasteiger partial charge in [0.05, 0.1) is 11.1 Å². The van der Waals surface area contributed by atoms with Crippen molar-refractivity contribution in [1.29, 1.82) is 0 Å². The van der Waals surface area contributed by atoms with Crippen molar-refractivity contribution < 1.29 is 18.8 Å². The van der Waals surface area contributed by atoms with Gasteiger partial charge in [0.1, 0.15) is 5.78 Å². The molecule has 1 aliphatic heterocycles. The Morgan fingerprint density at radius 1 is 0.927 bits per heavy atom. The number of urea groups is 2. The van der Waals surface area contributed by atoms with Gasteiger partial charge in [0.15, 0.2) is 8.32 Å². The predicted molar refractivity (Wildman–Crippen MR) is 163 cm³/mol. The van der Waals surface area contributed by atoms with Gasteiger partial charge in [-0.1, -0.05) is 85.8 Å². The molecule has 41 heavy (non-hydrogen) atoms. The van der Waals surface area contributed by atoms with E-state index < -0.39 is 20.4 Å². The first-order valence-electron chi connectivity index (χ1n) is 15.2. The van der Waals surface area contributed by atoms with E-state index in [4.69, 9.17) is 4.43 Å². The number of azo groups is 1. The average molecular weight is 576 g/mol. The Morgan fingerprint density at radius 2 is 1.61 bits per heavy atom. The molecular weight excluding hydrogens is 530 g/mol. The predicted octanol–water partition coefficient (Wildman–Crippen LogP) is 9.03. The third kappa shape index (κ3) is 5.22. The Labute approximate surface area is 245 Å². The third-order valence-corrected chi connectivity index (χ3v) is 15.5. The van der Waals surface area contributed by atoms with E-state index in [-0.39, 0.29) is 10.5 Å². The van der Waals surface area contributed by atoms with E-state index in [1.807, 2.05) is 0 Å². The Bertz CT molecular complexity index is 1290. The highest BCUT2D eigenvalue weighted by Crippen LogP contribution is 2.62. The molecule has 0 radical (unpaired) electrons. The summed E-state index contributed by atoms with van der Waals surface area (Å²) < 4.78 is 6.70. The molecule has 220 valence electrons. The number of hydrogen-bond donors (Lipinski definition) is 0. The normalized spacial score (nSPS) is 31.1. The van der Waals surface area contributed by atoms with Crippen molar-refractivity contribution in [3.8, 4) is 0 Å². The van der Waals surface area contributed by atoms with E-state index in [0.29, 0.717) is 35.3 Å². The van der Waals surface area contributed by atoms with Crippen molar-refractivity contribution in [2.75, 3.05) is 11.5 Å². The zero-order chi connectivity index (χ0) is 29.6. The van der Waals surface area contributed by atoms with E-state index in [0.717, 1.165) is 24.2 Å².